The topological polar surface area (TPSA) is 75.4 Å². The maximum atomic E-state index is 13.0. The number of thiazole rings is 1. The van der Waals surface area contributed by atoms with E-state index in [0.29, 0.717) is 12.2 Å². The van der Waals surface area contributed by atoms with E-state index in [1.165, 1.54) is 24.1 Å². The van der Waals surface area contributed by atoms with Gasteiger partial charge in [-0.15, -0.1) is 11.3 Å². The van der Waals surface area contributed by atoms with Gasteiger partial charge >= 0.3 is 0 Å². The van der Waals surface area contributed by atoms with Crippen LogP contribution in [0.25, 0.3) is 4.96 Å². The minimum Gasteiger partial charge on any atom is -0.337 e. The first-order valence-electron chi connectivity index (χ1n) is 11.0. The number of nitrogens with one attached hydrogen (secondary N) is 1. The molecule has 0 atom stereocenters. The van der Waals surface area contributed by atoms with Crippen LogP contribution in [-0.2, 0) is 25.8 Å². The van der Waals surface area contributed by atoms with Gasteiger partial charge in [0.05, 0.1) is 5.69 Å². The van der Waals surface area contributed by atoms with Crippen LogP contribution in [-0.4, -0.2) is 49.8 Å². The minimum absolute atomic E-state index is 0.0637. The van der Waals surface area contributed by atoms with Crippen LogP contribution in [0.2, 0.25) is 0 Å². The highest BCUT2D eigenvalue weighted by Crippen LogP contribution is 2.22. The summed E-state index contributed by atoms with van der Waals surface area (Å²) in [6.45, 7) is 5.17. The molecule has 0 aromatic carbocycles. The molecule has 0 bridgehead atoms. The third kappa shape index (κ3) is 3.74. The predicted molar refractivity (Wildman–Crippen MR) is 117 cm³/mol. The quantitative estimate of drug-likeness (QED) is 0.616. The molecule has 158 valence electrons. The third-order valence-electron chi connectivity index (χ3n) is 6.21. The summed E-state index contributed by atoms with van der Waals surface area (Å²) in [6.07, 6.45) is 9.63. The number of imidazole rings is 1. The molecular formula is C22H28N6OS. The molecule has 1 amide bonds. The van der Waals surface area contributed by atoms with Crippen molar-refractivity contribution in [3.63, 3.8) is 0 Å². The van der Waals surface area contributed by atoms with Gasteiger partial charge in [0.25, 0.3) is 5.91 Å². The first kappa shape index (κ1) is 19.6. The highest BCUT2D eigenvalue weighted by Gasteiger charge is 2.26. The maximum Gasteiger partial charge on any atom is 0.274 e. The molecule has 3 aromatic rings. The zero-order chi connectivity index (χ0) is 20.5. The lowest BCUT2D eigenvalue weighted by molar-refractivity contribution is 0.0786. The van der Waals surface area contributed by atoms with E-state index in [-0.39, 0.29) is 5.91 Å². The summed E-state index contributed by atoms with van der Waals surface area (Å²) in [5.74, 6) is 0.983. The number of nitrogens with zero attached hydrogens (tertiary/aromatic N) is 5. The number of aromatic nitrogens is 4. The van der Waals surface area contributed by atoms with Gasteiger partial charge in [-0.3, -0.25) is 9.20 Å². The van der Waals surface area contributed by atoms with Crippen molar-refractivity contribution < 1.29 is 4.79 Å². The fraction of sp³-hybridized carbons (Fsp3) is 0.545. The molecule has 1 aliphatic carbocycles. The molecule has 1 saturated heterocycles. The van der Waals surface area contributed by atoms with E-state index in [2.05, 4.69) is 17.2 Å². The van der Waals surface area contributed by atoms with Crippen LogP contribution in [0.3, 0.4) is 0 Å². The number of carbonyl (C=O) groups is 1. The summed E-state index contributed by atoms with van der Waals surface area (Å²) in [6, 6.07) is 0. The van der Waals surface area contributed by atoms with Crippen LogP contribution in [0.15, 0.2) is 11.6 Å². The minimum atomic E-state index is 0.0637. The van der Waals surface area contributed by atoms with Crippen molar-refractivity contribution >= 4 is 22.2 Å². The Hall–Kier alpha value is -2.32. The first-order chi connectivity index (χ1) is 14.7. The molecule has 1 fully saturated rings. The summed E-state index contributed by atoms with van der Waals surface area (Å²) in [5, 5.41) is 5.51. The van der Waals surface area contributed by atoms with Crippen molar-refractivity contribution in [2.75, 3.05) is 19.6 Å². The van der Waals surface area contributed by atoms with Crippen LogP contribution in [0.5, 0.6) is 0 Å². The van der Waals surface area contributed by atoms with E-state index in [0.717, 1.165) is 73.9 Å². The Morgan fingerprint density at radius 1 is 1.13 bits per heavy atom. The van der Waals surface area contributed by atoms with Gasteiger partial charge in [0, 0.05) is 55.6 Å². The second-order valence-corrected chi connectivity index (χ2v) is 9.12. The molecule has 8 heteroatoms. The summed E-state index contributed by atoms with van der Waals surface area (Å²) < 4.78 is 2.04. The fourth-order valence-corrected chi connectivity index (χ4v) is 5.34. The fourth-order valence-electron chi connectivity index (χ4n) is 4.61. The molecule has 3 aromatic heterocycles. The summed E-state index contributed by atoms with van der Waals surface area (Å²) in [5.41, 5.74) is 5.30. The van der Waals surface area contributed by atoms with Crippen LogP contribution in [0, 0.1) is 6.92 Å². The maximum absolute atomic E-state index is 13.0. The monoisotopic (exact) mass is 424 g/mol. The highest BCUT2D eigenvalue weighted by atomic mass is 32.1. The van der Waals surface area contributed by atoms with Crippen molar-refractivity contribution in [3.05, 3.63) is 45.7 Å². The average Bonchev–Trinajstić information content (AvgIpc) is 3.49. The number of aryl methyl sites for hydroxylation is 2. The van der Waals surface area contributed by atoms with Crippen molar-refractivity contribution in [2.45, 2.75) is 58.4 Å². The van der Waals surface area contributed by atoms with Gasteiger partial charge in [-0.2, -0.15) is 0 Å². The summed E-state index contributed by atoms with van der Waals surface area (Å²) >= 11 is 1.57. The Bertz CT molecular complexity index is 1070. The van der Waals surface area contributed by atoms with E-state index in [1.807, 2.05) is 20.9 Å². The number of fused-ring (bicyclic) bond motifs is 2. The van der Waals surface area contributed by atoms with Gasteiger partial charge in [0.2, 0.25) is 0 Å². The van der Waals surface area contributed by atoms with Gasteiger partial charge in [-0.25, -0.2) is 15.0 Å². The molecule has 0 radical (unpaired) electrons. The average molecular weight is 425 g/mol. The molecule has 0 saturated carbocycles. The lowest BCUT2D eigenvalue weighted by Crippen LogP contribution is -2.30. The van der Waals surface area contributed by atoms with E-state index in [4.69, 9.17) is 9.97 Å². The molecule has 2 aliphatic rings. The second-order valence-electron chi connectivity index (χ2n) is 8.25. The van der Waals surface area contributed by atoms with Crippen LogP contribution >= 0.6 is 11.3 Å². The van der Waals surface area contributed by atoms with Gasteiger partial charge in [-0.05, 0) is 51.0 Å². The Morgan fingerprint density at radius 3 is 2.83 bits per heavy atom. The smallest absolute Gasteiger partial charge is 0.274 e. The SMILES string of the molecule is Cc1nc(CCNCc2c(C(=O)N3CCCC3)nc3sccn23)nc2c1CCCC2. The van der Waals surface area contributed by atoms with Crippen molar-refractivity contribution in [3.8, 4) is 0 Å². The number of rotatable bonds is 6. The molecule has 4 heterocycles. The van der Waals surface area contributed by atoms with Crippen molar-refractivity contribution in [1.82, 2.24) is 29.6 Å². The molecule has 5 rings (SSSR count). The molecule has 30 heavy (non-hydrogen) atoms. The largest absolute Gasteiger partial charge is 0.337 e. The summed E-state index contributed by atoms with van der Waals surface area (Å²) in [4.78, 5) is 30.0. The number of hydrogen-bond donors (Lipinski definition) is 1. The predicted octanol–water partition coefficient (Wildman–Crippen LogP) is 2.94. The highest BCUT2D eigenvalue weighted by molar-refractivity contribution is 7.15. The standard InChI is InChI=1S/C22H28N6OS/c1-15-16-6-2-3-7-17(16)25-19(24-15)8-9-23-14-18-20(21(29)27-10-4-5-11-27)26-22-28(18)12-13-30-22/h12-13,23H,2-11,14H2,1H3. The van der Waals surface area contributed by atoms with Gasteiger partial charge < -0.3 is 10.2 Å². The molecule has 0 spiro atoms. The van der Waals surface area contributed by atoms with E-state index in [1.54, 1.807) is 11.3 Å². The number of carbonyl (C=O) groups excluding carboxylic acids is 1. The Labute approximate surface area is 180 Å². The number of likely N-dealkylation sites (tertiary alicyclic amines) is 1. The normalized spacial score (nSPS) is 16.4. The van der Waals surface area contributed by atoms with E-state index < -0.39 is 0 Å². The molecular weight excluding hydrogens is 396 g/mol. The Balaban J connectivity index is 1.26. The molecule has 1 aliphatic heterocycles. The van der Waals surface area contributed by atoms with Crippen molar-refractivity contribution in [2.24, 2.45) is 0 Å². The van der Waals surface area contributed by atoms with Crippen LogP contribution in [0.1, 0.15) is 64.6 Å². The molecule has 1 N–H and O–H groups in total. The Morgan fingerprint density at radius 2 is 1.97 bits per heavy atom. The van der Waals surface area contributed by atoms with Crippen molar-refractivity contribution in [1.29, 1.82) is 0 Å². The van der Waals surface area contributed by atoms with E-state index >= 15 is 0 Å². The van der Waals surface area contributed by atoms with Gasteiger partial charge in [0.1, 0.15) is 5.82 Å². The number of hydrogen-bond acceptors (Lipinski definition) is 6. The van der Waals surface area contributed by atoms with E-state index in [9.17, 15) is 4.79 Å². The third-order valence-corrected chi connectivity index (χ3v) is 6.97. The van der Waals surface area contributed by atoms with Gasteiger partial charge in [-0.1, -0.05) is 0 Å². The van der Waals surface area contributed by atoms with Crippen LogP contribution < -0.4 is 5.32 Å². The zero-order valence-corrected chi connectivity index (χ0v) is 18.3. The number of amides is 1. The Kier molecular flexibility index (Phi) is 5.52. The van der Waals surface area contributed by atoms with Gasteiger partial charge in [0.15, 0.2) is 10.7 Å². The zero-order valence-electron chi connectivity index (χ0n) is 17.5. The lowest BCUT2D eigenvalue weighted by atomic mass is 9.95. The molecule has 7 nitrogen and oxygen atoms in total. The lowest BCUT2D eigenvalue weighted by Gasteiger charge is -2.17. The van der Waals surface area contributed by atoms with Crippen LogP contribution in [0.4, 0.5) is 0 Å². The first-order valence-corrected chi connectivity index (χ1v) is 11.9. The molecule has 0 unspecified atom stereocenters. The summed E-state index contributed by atoms with van der Waals surface area (Å²) in [7, 11) is 0. The second kappa shape index (κ2) is 8.43.